The summed E-state index contributed by atoms with van der Waals surface area (Å²) in [4.78, 5) is 16.5. The van der Waals surface area contributed by atoms with Gasteiger partial charge in [-0.1, -0.05) is 26.0 Å². The van der Waals surface area contributed by atoms with Crippen molar-refractivity contribution in [2.75, 3.05) is 13.1 Å². The Morgan fingerprint density at radius 2 is 1.85 bits per heavy atom. The van der Waals surface area contributed by atoms with Crippen LogP contribution in [0.2, 0.25) is 0 Å². The molecule has 0 aliphatic heterocycles. The van der Waals surface area contributed by atoms with E-state index in [1.807, 2.05) is 42.7 Å². The first-order chi connectivity index (χ1) is 12.5. The molecule has 1 heterocycles. The first-order valence-electron chi connectivity index (χ1n) is 8.77. The smallest absolute Gasteiger partial charge is 0.314 e. The van der Waals surface area contributed by atoms with Gasteiger partial charge in [-0.15, -0.1) is 0 Å². The normalized spacial score (nSPS) is 11.1. The quantitative estimate of drug-likeness (QED) is 0.707. The van der Waals surface area contributed by atoms with Crippen molar-refractivity contribution in [1.29, 1.82) is 0 Å². The molecule has 0 saturated heterocycles. The van der Waals surface area contributed by atoms with Crippen LogP contribution in [0, 0.1) is 11.7 Å². The molecule has 2 aromatic carbocycles. The lowest BCUT2D eigenvalue weighted by Crippen LogP contribution is -2.38. The lowest BCUT2D eigenvalue weighted by atomic mass is 10.2. The van der Waals surface area contributed by atoms with Crippen LogP contribution in [-0.4, -0.2) is 28.7 Å². The van der Waals surface area contributed by atoms with Crippen molar-refractivity contribution < 1.29 is 9.18 Å². The van der Waals surface area contributed by atoms with Crippen molar-refractivity contribution >= 4 is 17.1 Å². The molecule has 0 aliphatic carbocycles. The molecule has 1 aromatic heterocycles. The molecule has 0 atom stereocenters. The van der Waals surface area contributed by atoms with E-state index in [0.717, 1.165) is 22.4 Å². The Kier molecular flexibility index (Phi) is 5.51. The third-order valence-corrected chi connectivity index (χ3v) is 4.05. The van der Waals surface area contributed by atoms with Crippen LogP contribution in [0.15, 0.2) is 48.5 Å². The van der Waals surface area contributed by atoms with Crippen LogP contribution in [-0.2, 0) is 6.54 Å². The highest BCUT2D eigenvalue weighted by atomic mass is 19.1. The minimum atomic E-state index is -0.278. The zero-order valence-corrected chi connectivity index (χ0v) is 15.0. The summed E-state index contributed by atoms with van der Waals surface area (Å²) >= 11 is 0. The van der Waals surface area contributed by atoms with Gasteiger partial charge in [0.05, 0.1) is 11.0 Å². The maximum absolute atomic E-state index is 13.2. The van der Waals surface area contributed by atoms with Crippen molar-refractivity contribution in [3.63, 3.8) is 0 Å². The number of rotatable bonds is 6. The molecular formula is C20H23FN4O. The van der Waals surface area contributed by atoms with Gasteiger partial charge in [-0.05, 0) is 42.3 Å². The SMILES string of the molecule is CC(C)CNC(=O)NCCn1c(-c2ccc(F)cc2)nc2ccccc21. The summed E-state index contributed by atoms with van der Waals surface area (Å²) in [5.41, 5.74) is 2.69. The van der Waals surface area contributed by atoms with E-state index in [1.54, 1.807) is 12.1 Å². The third-order valence-electron chi connectivity index (χ3n) is 4.05. The van der Waals surface area contributed by atoms with E-state index in [-0.39, 0.29) is 11.8 Å². The zero-order chi connectivity index (χ0) is 18.5. The first kappa shape index (κ1) is 17.9. The Morgan fingerprint density at radius 1 is 1.12 bits per heavy atom. The van der Waals surface area contributed by atoms with Gasteiger partial charge >= 0.3 is 6.03 Å². The molecule has 2 N–H and O–H groups in total. The summed E-state index contributed by atoms with van der Waals surface area (Å²) in [6.07, 6.45) is 0. The topological polar surface area (TPSA) is 59.0 Å². The summed E-state index contributed by atoms with van der Waals surface area (Å²) in [6.45, 7) is 5.78. The predicted molar refractivity (Wildman–Crippen MR) is 101 cm³/mol. The number of benzene rings is 2. The summed E-state index contributed by atoms with van der Waals surface area (Å²) in [6, 6.07) is 13.9. The van der Waals surface area contributed by atoms with Gasteiger partial charge < -0.3 is 15.2 Å². The van der Waals surface area contributed by atoms with Gasteiger partial charge in [0.15, 0.2) is 0 Å². The number of halogens is 1. The molecule has 3 rings (SSSR count). The van der Waals surface area contributed by atoms with Crippen LogP contribution in [0.25, 0.3) is 22.4 Å². The highest BCUT2D eigenvalue weighted by Crippen LogP contribution is 2.24. The number of fused-ring (bicyclic) bond motifs is 1. The van der Waals surface area contributed by atoms with Gasteiger partial charge in [-0.2, -0.15) is 0 Å². The van der Waals surface area contributed by atoms with Gasteiger partial charge in [0.2, 0.25) is 0 Å². The highest BCUT2D eigenvalue weighted by molar-refractivity contribution is 5.80. The van der Waals surface area contributed by atoms with Crippen LogP contribution >= 0.6 is 0 Å². The van der Waals surface area contributed by atoms with Crippen LogP contribution in [0.5, 0.6) is 0 Å². The second-order valence-corrected chi connectivity index (χ2v) is 6.61. The average molecular weight is 354 g/mol. The molecule has 0 unspecified atom stereocenters. The van der Waals surface area contributed by atoms with Crippen molar-refractivity contribution in [3.8, 4) is 11.4 Å². The second kappa shape index (κ2) is 7.99. The largest absolute Gasteiger partial charge is 0.338 e. The molecule has 3 aromatic rings. The molecule has 2 amide bonds. The Morgan fingerprint density at radius 3 is 2.58 bits per heavy atom. The van der Waals surface area contributed by atoms with Crippen molar-refractivity contribution in [2.45, 2.75) is 20.4 Å². The van der Waals surface area contributed by atoms with Gasteiger partial charge in [-0.25, -0.2) is 14.2 Å². The zero-order valence-electron chi connectivity index (χ0n) is 15.0. The monoisotopic (exact) mass is 354 g/mol. The number of nitrogens with one attached hydrogen (secondary N) is 2. The molecule has 0 aliphatic rings. The van der Waals surface area contributed by atoms with E-state index in [0.29, 0.717) is 25.6 Å². The molecule has 0 saturated carbocycles. The van der Waals surface area contributed by atoms with E-state index in [1.165, 1.54) is 12.1 Å². The molecule has 0 spiro atoms. The third kappa shape index (κ3) is 4.20. The number of imidazole rings is 1. The van der Waals surface area contributed by atoms with Gasteiger partial charge in [0.25, 0.3) is 0 Å². The highest BCUT2D eigenvalue weighted by Gasteiger charge is 2.12. The van der Waals surface area contributed by atoms with Crippen LogP contribution in [0.1, 0.15) is 13.8 Å². The van der Waals surface area contributed by atoms with Gasteiger partial charge in [-0.3, -0.25) is 0 Å². The predicted octanol–water partition coefficient (Wildman–Crippen LogP) is 3.80. The van der Waals surface area contributed by atoms with Crippen molar-refractivity contribution in [2.24, 2.45) is 5.92 Å². The Balaban J connectivity index is 1.79. The molecule has 0 radical (unpaired) electrons. The summed E-state index contributed by atoms with van der Waals surface area (Å²) in [5, 5.41) is 5.71. The molecule has 26 heavy (non-hydrogen) atoms. The van der Waals surface area contributed by atoms with E-state index in [2.05, 4.69) is 15.6 Å². The standard InChI is InChI=1S/C20H23FN4O/c1-14(2)13-23-20(26)22-11-12-25-18-6-4-3-5-17(18)24-19(25)15-7-9-16(21)10-8-15/h3-10,14H,11-13H2,1-2H3,(H2,22,23,26). The fourth-order valence-electron chi connectivity index (χ4n) is 2.76. The van der Waals surface area contributed by atoms with Crippen molar-refractivity contribution in [3.05, 3.63) is 54.3 Å². The van der Waals surface area contributed by atoms with Crippen LogP contribution in [0.4, 0.5) is 9.18 Å². The lowest BCUT2D eigenvalue weighted by Gasteiger charge is -2.12. The van der Waals surface area contributed by atoms with Crippen LogP contribution in [0.3, 0.4) is 0 Å². The fraction of sp³-hybridized carbons (Fsp3) is 0.300. The number of hydrogen-bond donors (Lipinski definition) is 2. The van der Waals surface area contributed by atoms with Gasteiger partial charge in [0, 0.05) is 25.2 Å². The number of carbonyl (C=O) groups is 1. The summed E-state index contributed by atoms with van der Waals surface area (Å²) in [7, 11) is 0. The van der Waals surface area contributed by atoms with Gasteiger partial charge in [0.1, 0.15) is 11.6 Å². The van der Waals surface area contributed by atoms with E-state index in [9.17, 15) is 9.18 Å². The Bertz CT molecular complexity index is 886. The van der Waals surface area contributed by atoms with E-state index < -0.39 is 0 Å². The molecule has 136 valence electrons. The number of amides is 2. The minimum Gasteiger partial charge on any atom is -0.338 e. The average Bonchev–Trinajstić information content (AvgIpc) is 2.99. The molecule has 6 heteroatoms. The number of urea groups is 1. The maximum atomic E-state index is 13.2. The second-order valence-electron chi connectivity index (χ2n) is 6.61. The van der Waals surface area contributed by atoms with E-state index in [4.69, 9.17) is 0 Å². The molecule has 0 fully saturated rings. The number of aromatic nitrogens is 2. The number of hydrogen-bond acceptors (Lipinski definition) is 2. The fourth-order valence-corrected chi connectivity index (χ4v) is 2.76. The number of para-hydroxylation sites is 2. The number of carbonyl (C=O) groups excluding carboxylic acids is 1. The first-order valence-corrected chi connectivity index (χ1v) is 8.77. The summed E-state index contributed by atoms with van der Waals surface area (Å²) in [5.74, 6) is 0.888. The van der Waals surface area contributed by atoms with Crippen molar-refractivity contribution in [1.82, 2.24) is 20.2 Å². The molecule has 5 nitrogen and oxygen atoms in total. The molecule has 0 bridgehead atoms. The molecular weight excluding hydrogens is 331 g/mol. The van der Waals surface area contributed by atoms with Crippen LogP contribution < -0.4 is 10.6 Å². The lowest BCUT2D eigenvalue weighted by molar-refractivity contribution is 0.239. The maximum Gasteiger partial charge on any atom is 0.314 e. The van der Waals surface area contributed by atoms with E-state index >= 15 is 0 Å². The Hall–Kier alpha value is -2.89. The minimum absolute atomic E-state index is 0.175. The Labute approximate surface area is 152 Å². The number of nitrogens with zero attached hydrogens (tertiary/aromatic N) is 2. The summed E-state index contributed by atoms with van der Waals surface area (Å²) < 4.78 is 15.3.